The standard InChI is InChI=1S/C25H32N4O4S/c1-4-11-26-22(30)17-28-12-14-29(15-13-28)18(3)23(31)27-24-20(25(32)33-5-2)16-21(34-24)19-9-7-6-8-10-19/h4,6-10,16,18H,1,5,11-15,17H2,2-3H3,(H,26,30)(H,27,31). The summed E-state index contributed by atoms with van der Waals surface area (Å²) in [5, 5.41) is 6.23. The van der Waals surface area contributed by atoms with Gasteiger partial charge in [0.15, 0.2) is 0 Å². The molecule has 0 radical (unpaired) electrons. The van der Waals surface area contributed by atoms with Crippen molar-refractivity contribution in [3.05, 3.63) is 54.6 Å². The molecular formula is C25H32N4O4S. The van der Waals surface area contributed by atoms with Gasteiger partial charge in [0.1, 0.15) is 5.00 Å². The maximum atomic E-state index is 13.1. The molecule has 1 atom stereocenters. The molecular weight excluding hydrogens is 452 g/mol. The number of amides is 2. The summed E-state index contributed by atoms with van der Waals surface area (Å²) in [5.41, 5.74) is 1.33. The number of hydrogen-bond donors (Lipinski definition) is 2. The van der Waals surface area contributed by atoms with E-state index in [1.165, 1.54) is 11.3 Å². The van der Waals surface area contributed by atoms with Crippen molar-refractivity contribution in [2.24, 2.45) is 0 Å². The van der Waals surface area contributed by atoms with E-state index in [4.69, 9.17) is 4.74 Å². The van der Waals surface area contributed by atoms with Gasteiger partial charge in [-0.15, -0.1) is 17.9 Å². The van der Waals surface area contributed by atoms with Crippen LogP contribution in [0.25, 0.3) is 10.4 Å². The number of esters is 1. The van der Waals surface area contributed by atoms with Crippen molar-refractivity contribution in [1.29, 1.82) is 0 Å². The molecule has 8 nitrogen and oxygen atoms in total. The third-order valence-electron chi connectivity index (χ3n) is 5.67. The first-order valence-electron chi connectivity index (χ1n) is 11.4. The van der Waals surface area contributed by atoms with Crippen molar-refractivity contribution >= 4 is 34.1 Å². The largest absolute Gasteiger partial charge is 0.462 e. The molecule has 3 rings (SSSR count). The van der Waals surface area contributed by atoms with Crippen molar-refractivity contribution in [3.63, 3.8) is 0 Å². The predicted molar refractivity (Wildman–Crippen MR) is 135 cm³/mol. The average Bonchev–Trinajstić information content (AvgIpc) is 3.27. The van der Waals surface area contributed by atoms with E-state index in [0.717, 1.165) is 10.4 Å². The number of hydrogen-bond acceptors (Lipinski definition) is 7. The Balaban J connectivity index is 1.63. The zero-order valence-electron chi connectivity index (χ0n) is 19.7. The Hall–Kier alpha value is -3.01. The highest BCUT2D eigenvalue weighted by atomic mass is 32.1. The summed E-state index contributed by atoms with van der Waals surface area (Å²) in [7, 11) is 0. The van der Waals surface area contributed by atoms with Gasteiger partial charge in [0.2, 0.25) is 11.8 Å². The number of piperazine rings is 1. The molecule has 1 aromatic carbocycles. The van der Waals surface area contributed by atoms with Gasteiger partial charge in [-0.2, -0.15) is 0 Å². The van der Waals surface area contributed by atoms with E-state index < -0.39 is 5.97 Å². The van der Waals surface area contributed by atoms with Crippen LogP contribution in [-0.2, 0) is 14.3 Å². The van der Waals surface area contributed by atoms with Gasteiger partial charge in [0.25, 0.3) is 0 Å². The lowest BCUT2D eigenvalue weighted by molar-refractivity contribution is -0.124. The van der Waals surface area contributed by atoms with Gasteiger partial charge in [-0.05, 0) is 25.5 Å². The number of nitrogens with one attached hydrogen (secondary N) is 2. The zero-order chi connectivity index (χ0) is 24.5. The van der Waals surface area contributed by atoms with Crippen molar-refractivity contribution in [3.8, 4) is 10.4 Å². The molecule has 0 aliphatic carbocycles. The van der Waals surface area contributed by atoms with Crippen molar-refractivity contribution < 1.29 is 19.1 Å². The minimum Gasteiger partial charge on any atom is -0.462 e. The lowest BCUT2D eigenvalue weighted by Gasteiger charge is -2.37. The van der Waals surface area contributed by atoms with Gasteiger partial charge in [0, 0.05) is 37.6 Å². The Morgan fingerprint density at radius 2 is 1.88 bits per heavy atom. The van der Waals surface area contributed by atoms with Crippen LogP contribution >= 0.6 is 11.3 Å². The van der Waals surface area contributed by atoms with Crippen LogP contribution in [0.3, 0.4) is 0 Å². The molecule has 182 valence electrons. The summed E-state index contributed by atoms with van der Waals surface area (Å²) in [6, 6.07) is 11.1. The van der Waals surface area contributed by atoms with E-state index >= 15 is 0 Å². The molecule has 2 aromatic rings. The number of ether oxygens (including phenoxy) is 1. The summed E-state index contributed by atoms with van der Waals surface area (Å²) < 4.78 is 5.21. The maximum Gasteiger partial charge on any atom is 0.341 e. The topological polar surface area (TPSA) is 91.0 Å². The summed E-state index contributed by atoms with van der Waals surface area (Å²) in [6.45, 7) is 11.0. The second-order valence-corrected chi connectivity index (χ2v) is 9.06. The first kappa shape index (κ1) is 25.6. The fourth-order valence-electron chi connectivity index (χ4n) is 3.72. The van der Waals surface area contributed by atoms with E-state index in [1.807, 2.05) is 37.3 Å². The van der Waals surface area contributed by atoms with Crippen LogP contribution in [0.5, 0.6) is 0 Å². The Labute approximate surface area is 204 Å². The predicted octanol–water partition coefficient (Wildman–Crippen LogP) is 2.84. The zero-order valence-corrected chi connectivity index (χ0v) is 20.5. The summed E-state index contributed by atoms with van der Waals surface area (Å²) in [4.78, 5) is 42.6. The number of thiophene rings is 1. The minimum absolute atomic E-state index is 0.0300. The third kappa shape index (κ3) is 6.75. The van der Waals surface area contributed by atoms with E-state index in [2.05, 4.69) is 27.0 Å². The lowest BCUT2D eigenvalue weighted by atomic mass is 10.1. The van der Waals surface area contributed by atoms with E-state index in [1.54, 1.807) is 19.1 Å². The molecule has 0 spiro atoms. The molecule has 2 heterocycles. The van der Waals surface area contributed by atoms with E-state index in [9.17, 15) is 14.4 Å². The smallest absolute Gasteiger partial charge is 0.341 e. The van der Waals surface area contributed by atoms with Gasteiger partial charge < -0.3 is 15.4 Å². The number of rotatable bonds is 10. The highest BCUT2D eigenvalue weighted by molar-refractivity contribution is 7.20. The van der Waals surface area contributed by atoms with Crippen LogP contribution in [0.15, 0.2) is 49.1 Å². The fraction of sp³-hybridized carbons (Fsp3) is 0.400. The van der Waals surface area contributed by atoms with Gasteiger partial charge in [-0.25, -0.2) is 4.79 Å². The minimum atomic E-state index is -0.452. The molecule has 1 aromatic heterocycles. The van der Waals surface area contributed by atoms with Gasteiger partial charge in [0.05, 0.1) is 24.8 Å². The number of benzene rings is 1. The van der Waals surface area contributed by atoms with Crippen LogP contribution in [0.2, 0.25) is 0 Å². The Morgan fingerprint density at radius 3 is 2.53 bits per heavy atom. The molecule has 2 amide bonds. The second-order valence-electron chi connectivity index (χ2n) is 8.01. The van der Waals surface area contributed by atoms with Crippen molar-refractivity contribution in [2.45, 2.75) is 19.9 Å². The van der Waals surface area contributed by atoms with Crippen LogP contribution in [0, 0.1) is 0 Å². The highest BCUT2D eigenvalue weighted by Gasteiger charge is 2.28. The first-order chi connectivity index (χ1) is 16.4. The quantitative estimate of drug-likeness (QED) is 0.398. The normalized spacial score (nSPS) is 15.4. The Bertz CT molecular complexity index is 1000. The summed E-state index contributed by atoms with van der Waals surface area (Å²) in [5.74, 6) is -0.658. The van der Waals surface area contributed by atoms with E-state index in [-0.39, 0.29) is 24.5 Å². The summed E-state index contributed by atoms with van der Waals surface area (Å²) >= 11 is 1.36. The van der Waals surface area contributed by atoms with Crippen molar-refractivity contribution in [1.82, 2.24) is 15.1 Å². The van der Waals surface area contributed by atoms with Crippen LogP contribution in [0.1, 0.15) is 24.2 Å². The lowest BCUT2D eigenvalue weighted by Crippen LogP contribution is -2.54. The molecule has 1 aliphatic heterocycles. The molecule has 1 fully saturated rings. The molecule has 9 heteroatoms. The SMILES string of the molecule is C=CCNC(=O)CN1CCN(C(C)C(=O)Nc2sc(-c3ccccc3)cc2C(=O)OCC)CC1. The summed E-state index contributed by atoms with van der Waals surface area (Å²) in [6.07, 6.45) is 1.65. The number of carbonyl (C=O) groups is 3. The number of nitrogens with zero attached hydrogens (tertiary/aromatic N) is 2. The number of carbonyl (C=O) groups excluding carboxylic acids is 3. The highest BCUT2D eigenvalue weighted by Crippen LogP contribution is 2.36. The van der Waals surface area contributed by atoms with Gasteiger partial charge in [-0.1, -0.05) is 36.4 Å². The maximum absolute atomic E-state index is 13.1. The molecule has 1 saturated heterocycles. The van der Waals surface area contributed by atoms with Crippen LogP contribution < -0.4 is 10.6 Å². The molecule has 34 heavy (non-hydrogen) atoms. The van der Waals surface area contributed by atoms with Crippen LogP contribution in [-0.4, -0.2) is 79.5 Å². The first-order valence-corrected chi connectivity index (χ1v) is 12.3. The molecule has 0 bridgehead atoms. The Kier molecular flexibility index (Phi) is 9.38. The monoisotopic (exact) mass is 484 g/mol. The fourth-order valence-corrected chi connectivity index (χ4v) is 4.78. The molecule has 2 N–H and O–H groups in total. The molecule has 0 saturated carbocycles. The third-order valence-corrected chi connectivity index (χ3v) is 6.77. The second kappa shape index (κ2) is 12.5. The van der Waals surface area contributed by atoms with Crippen molar-refractivity contribution in [2.75, 3.05) is 51.2 Å². The molecule has 1 aliphatic rings. The van der Waals surface area contributed by atoms with Gasteiger partial charge >= 0.3 is 5.97 Å². The number of anilines is 1. The van der Waals surface area contributed by atoms with E-state index in [0.29, 0.717) is 49.8 Å². The van der Waals surface area contributed by atoms with Gasteiger partial charge in [-0.3, -0.25) is 19.4 Å². The molecule has 1 unspecified atom stereocenters. The van der Waals surface area contributed by atoms with Crippen LogP contribution in [0.4, 0.5) is 5.00 Å². The Morgan fingerprint density at radius 1 is 1.18 bits per heavy atom. The average molecular weight is 485 g/mol.